The molecule has 4 bridgehead atoms. The van der Waals surface area contributed by atoms with Gasteiger partial charge in [0.1, 0.15) is 0 Å². The highest BCUT2D eigenvalue weighted by atomic mass is 16.1. The Morgan fingerprint density at radius 3 is 1.72 bits per heavy atom. The predicted molar refractivity (Wildman–Crippen MR) is 71.5 cm³/mol. The molecule has 0 aliphatic rings. The van der Waals surface area contributed by atoms with Crippen molar-refractivity contribution >= 4 is 21.8 Å². The van der Waals surface area contributed by atoms with E-state index in [2.05, 4.69) is 9.97 Å². The van der Waals surface area contributed by atoms with Crippen LogP contribution in [0.15, 0.2) is 58.1 Å². The van der Waals surface area contributed by atoms with Crippen molar-refractivity contribution in [1.82, 2.24) is 9.97 Å². The third kappa shape index (κ3) is 1.84. The number of H-pyrrole nitrogens is 2. The number of hydrogen-bond donors (Lipinski definition) is 2. The third-order valence-electron chi connectivity index (χ3n) is 2.77. The van der Waals surface area contributed by atoms with Gasteiger partial charge in [-0.05, 0) is 36.4 Å². The first-order valence-electron chi connectivity index (χ1n) is 5.55. The van der Waals surface area contributed by atoms with E-state index >= 15 is 0 Å². The molecule has 3 aromatic rings. The van der Waals surface area contributed by atoms with Gasteiger partial charge in [0.15, 0.2) is 0 Å². The van der Waals surface area contributed by atoms with E-state index in [-0.39, 0.29) is 11.1 Å². The van der Waals surface area contributed by atoms with Gasteiger partial charge in [-0.3, -0.25) is 9.59 Å². The Morgan fingerprint density at radius 1 is 0.667 bits per heavy atom. The van der Waals surface area contributed by atoms with Crippen molar-refractivity contribution in [2.24, 2.45) is 0 Å². The zero-order valence-electron chi connectivity index (χ0n) is 9.44. The van der Waals surface area contributed by atoms with Crippen molar-refractivity contribution in [2.75, 3.05) is 0 Å². The van der Waals surface area contributed by atoms with Gasteiger partial charge >= 0.3 is 0 Å². The lowest BCUT2D eigenvalue weighted by atomic mass is 10.2. The summed E-state index contributed by atoms with van der Waals surface area (Å²) in [5.41, 5.74) is 0.877. The molecule has 2 N–H and O–H groups in total. The van der Waals surface area contributed by atoms with Crippen LogP contribution in [0.4, 0.5) is 0 Å². The quantitative estimate of drug-likeness (QED) is 0.628. The molecule has 0 spiro atoms. The minimum atomic E-state index is -0.219. The van der Waals surface area contributed by atoms with Crippen LogP contribution in [0.25, 0.3) is 21.8 Å². The van der Waals surface area contributed by atoms with Crippen LogP contribution in [-0.4, -0.2) is 9.97 Å². The minimum Gasteiger partial charge on any atom is -0.322 e. The molecule has 0 radical (unpaired) electrons. The molecule has 0 saturated carbocycles. The lowest BCUT2D eigenvalue weighted by Gasteiger charge is -1.94. The Hall–Kier alpha value is -2.62. The summed E-state index contributed by atoms with van der Waals surface area (Å²) in [5, 5.41) is 0.935. The minimum absolute atomic E-state index is 0.219. The fourth-order valence-electron chi connectivity index (χ4n) is 1.88. The van der Waals surface area contributed by atoms with Crippen LogP contribution in [0, 0.1) is 0 Å². The molecule has 3 rings (SSSR count). The highest BCUT2D eigenvalue weighted by Gasteiger charge is 1.95. The number of rotatable bonds is 0. The standard InChI is InChI=1S/C14H10N2O2/c17-13-9-3-1-4-10(7-9)14(18)16-12-6-2-5-11(8-12)15-13/h1-8H,(H,15,17)(H,16,18). The SMILES string of the molecule is O=c1[nH]c2cccc(c2)[nH]c(=O)c2cccc1c2. The van der Waals surface area contributed by atoms with Gasteiger partial charge in [-0.1, -0.05) is 12.1 Å². The second-order valence-corrected chi connectivity index (χ2v) is 4.07. The lowest BCUT2D eigenvalue weighted by Crippen LogP contribution is -2.07. The Kier molecular flexibility index (Phi) is 2.34. The number of aromatic amines is 2. The smallest absolute Gasteiger partial charge is 0.255 e. The number of hydrogen-bond acceptors (Lipinski definition) is 2. The summed E-state index contributed by atoms with van der Waals surface area (Å²) in [4.78, 5) is 29.5. The topological polar surface area (TPSA) is 65.7 Å². The molecule has 0 aliphatic carbocycles. The van der Waals surface area contributed by atoms with E-state index in [0.717, 1.165) is 0 Å². The zero-order valence-corrected chi connectivity index (χ0v) is 9.44. The molecule has 0 saturated heterocycles. The predicted octanol–water partition coefficient (Wildman–Crippen LogP) is 1.93. The van der Waals surface area contributed by atoms with E-state index in [0.29, 0.717) is 21.8 Å². The number of nitrogens with one attached hydrogen (secondary N) is 2. The maximum Gasteiger partial charge on any atom is 0.255 e. The normalized spacial score (nSPS) is 10.7. The fraction of sp³-hybridized carbons (Fsp3) is 0. The van der Waals surface area contributed by atoms with Crippen LogP contribution in [0.2, 0.25) is 0 Å². The van der Waals surface area contributed by atoms with Gasteiger partial charge in [0.25, 0.3) is 11.1 Å². The summed E-state index contributed by atoms with van der Waals surface area (Å²) in [6.07, 6.45) is 0. The molecule has 4 heteroatoms. The molecular formula is C14H10N2O2. The van der Waals surface area contributed by atoms with Gasteiger partial charge in [-0.15, -0.1) is 0 Å². The van der Waals surface area contributed by atoms with Crippen LogP contribution < -0.4 is 11.1 Å². The summed E-state index contributed by atoms with van der Waals surface area (Å²) in [5.74, 6) is 0. The Bertz CT molecular complexity index is 810. The number of fused-ring (bicyclic) bond motifs is 4. The summed E-state index contributed by atoms with van der Waals surface area (Å²) in [6.45, 7) is 0. The molecule has 0 atom stereocenters. The van der Waals surface area contributed by atoms with Gasteiger partial charge in [0.2, 0.25) is 0 Å². The van der Waals surface area contributed by atoms with Crippen LogP contribution in [0.1, 0.15) is 0 Å². The summed E-state index contributed by atoms with van der Waals surface area (Å²) < 4.78 is 0. The van der Waals surface area contributed by atoms with Crippen LogP contribution in [0.3, 0.4) is 0 Å². The first-order chi connectivity index (χ1) is 8.72. The second-order valence-electron chi connectivity index (χ2n) is 4.07. The number of aromatic nitrogens is 2. The first-order valence-corrected chi connectivity index (χ1v) is 5.55. The molecule has 0 amide bonds. The summed E-state index contributed by atoms with van der Waals surface area (Å²) in [7, 11) is 0. The molecule has 0 unspecified atom stereocenters. The highest BCUT2D eigenvalue weighted by Crippen LogP contribution is 2.02. The molecule has 18 heavy (non-hydrogen) atoms. The molecule has 0 aliphatic heterocycles. The lowest BCUT2D eigenvalue weighted by molar-refractivity contribution is 1.30. The summed E-state index contributed by atoms with van der Waals surface area (Å²) in [6, 6.07) is 13.7. The van der Waals surface area contributed by atoms with Crippen molar-refractivity contribution in [1.29, 1.82) is 0 Å². The van der Waals surface area contributed by atoms with Crippen molar-refractivity contribution in [3.05, 3.63) is 69.2 Å². The van der Waals surface area contributed by atoms with E-state index in [1.165, 1.54) is 0 Å². The van der Waals surface area contributed by atoms with Gasteiger partial charge in [-0.2, -0.15) is 0 Å². The van der Waals surface area contributed by atoms with Crippen molar-refractivity contribution in [3.8, 4) is 0 Å². The van der Waals surface area contributed by atoms with Crippen molar-refractivity contribution in [2.45, 2.75) is 0 Å². The van der Waals surface area contributed by atoms with Gasteiger partial charge in [-0.25, -0.2) is 0 Å². The molecule has 88 valence electrons. The average Bonchev–Trinajstić information content (AvgIpc) is 2.38. The highest BCUT2D eigenvalue weighted by molar-refractivity contribution is 5.67. The largest absolute Gasteiger partial charge is 0.322 e. The van der Waals surface area contributed by atoms with E-state index in [9.17, 15) is 9.59 Å². The molecule has 4 nitrogen and oxygen atoms in total. The Labute approximate surface area is 102 Å². The maximum atomic E-state index is 12.0. The number of benzene rings is 2. The molecule has 1 heterocycles. The Balaban J connectivity index is 2.65. The fourth-order valence-corrected chi connectivity index (χ4v) is 1.88. The van der Waals surface area contributed by atoms with Gasteiger partial charge in [0.05, 0.1) is 0 Å². The molecular weight excluding hydrogens is 228 g/mol. The van der Waals surface area contributed by atoms with E-state index in [1.807, 2.05) is 0 Å². The van der Waals surface area contributed by atoms with E-state index in [1.54, 1.807) is 48.5 Å². The van der Waals surface area contributed by atoms with Crippen molar-refractivity contribution in [3.63, 3.8) is 0 Å². The zero-order chi connectivity index (χ0) is 12.5. The van der Waals surface area contributed by atoms with Crippen LogP contribution in [0.5, 0.6) is 0 Å². The maximum absolute atomic E-state index is 12.0. The first kappa shape index (κ1) is 10.5. The van der Waals surface area contributed by atoms with Crippen molar-refractivity contribution < 1.29 is 0 Å². The average molecular weight is 238 g/mol. The van der Waals surface area contributed by atoms with Crippen LogP contribution in [-0.2, 0) is 0 Å². The summed E-state index contributed by atoms with van der Waals surface area (Å²) >= 11 is 0. The van der Waals surface area contributed by atoms with Gasteiger partial charge < -0.3 is 9.97 Å². The van der Waals surface area contributed by atoms with E-state index < -0.39 is 0 Å². The van der Waals surface area contributed by atoms with Gasteiger partial charge in [0, 0.05) is 21.8 Å². The molecule has 2 aromatic carbocycles. The monoisotopic (exact) mass is 238 g/mol. The molecule has 1 aromatic heterocycles. The van der Waals surface area contributed by atoms with Crippen LogP contribution >= 0.6 is 0 Å². The van der Waals surface area contributed by atoms with E-state index in [4.69, 9.17) is 0 Å². The molecule has 0 fully saturated rings. The second kappa shape index (κ2) is 4.00. The Morgan fingerprint density at radius 2 is 1.17 bits per heavy atom. The third-order valence-corrected chi connectivity index (χ3v) is 2.77.